The lowest BCUT2D eigenvalue weighted by Gasteiger charge is -2.45. The summed E-state index contributed by atoms with van der Waals surface area (Å²) >= 11 is 0. The number of alkyl halides is 8. The van der Waals surface area contributed by atoms with Crippen molar-refractivity contribution in [2.45, 2.75) is 56.8 Å². The highest BCUT2D eigenvalue weighted by atomic mass is 19.4. The van der Waals surface area contributed by atoms with E-state index in [1.165, 1.54) is 0 Å². The topological polar surface area (TPSA) is 0 Å². The van der Waals surface area contributed by atoms with E-state index in [4.69, 9.17) is 0 Å². The first kappa shape index (κ1) is 16.4. The molecule has 0 heterocycles. The molecular formula is C9H12F8. The Morgan fingerprint density at radius 1 is 0.529 bits per heavy atom. The number of hydrogen-bond acceptors (Lipinski definition) is 0. The van der Waals surface area contributed by atoms with Crippen LogP contribution < -0.4 is 0 Å². The predicted octanol–water partition coefficient (Wildman–Crippen LogP) is 4.39. The third kappa shape index (κ3) is 2.22. The van der Waals surface area contributed by atoms with E-state index in [9.17, 15) is 35.1 Å². The molecule has 0 radical (unpaired) electrons. The molecule has 0 spiro atoms. The van der Waals surface area contributed by atoms with Gasteiger partial charge in [0, 0.05) is 0 Å². The summed E-state index contributed by atoms with van der Waals surface area (Å²) in [6, 6.07) is 0. The summed E-state index contributed by atoms with van der Waals surface area (Å²) < 4.78 is 103. The fourth-order valence-corrected chi connectivity index (χ4v) is 1.65. The minimum atomic E-state index is -6.39. The molecule has 0 aliphatic rings. The van der Waals surface area contributed by atoms with Crippen molar-refractivity contribution in [2.75, 3.05) is 0 Å². The summed E-state index contributed by atoms with van der Waals surface area (Å²) in [5.41, 5.74) is -12.5. The van der Waals surface area contributed by atoms with Crippen LogP contribution in [0.25, 0.3) is 0 Å². The molecule has 0 aliphatic heterocycles. The molecule has 8 heteroatoms. The second kappa shape index (κ2) is 3.71. The standard InChI is InChI=1S/C9H12F8/c1-5(2,10)7(12,6(3,4)11)8(13,14)9(15,16)17/h1-4H3. The van der Waals surface area contributed by atoms with Crippen LogP contribution in [0.4, 0.5) is 35.1 Å². The minimum absolute atomic E-state index is 0.133. The highest BCUT2D eigenvalue weighted by Gasteiger charge is 2.81. The zero-order valence-corrected chi connectivity index (χ0v) is 9.52. The van der Waals surface area contributed by atoms with Crippen LogP contribution in [0.1, 0.15) is 27.7 Å². The number of halogens is 8. The molecule has 0 bridgehead atoms. The van der Waals surface area contributed by atoms with Gasteiger partial charge >= 0.3 is 12.1 Å². The fourth-order valence-electron chi connectivity index (χ4n) is 1.65. The van der Waals surface area contributed by atoms with Gasteiger partial charge in [-0.2, -0.15) is 22.0 Å². The molecule has 0 N–H and O–H groups in total. The van der Waals surface area contributed by atoms with E-state index >= 15 is 0 Å². The van der Waals surface area contributed by atoms with Gasteiger partial charge < -0.3 is 0 Å². The molecule has 0 aromatic rings. The molecule has 0 aliphatic carbocycles. The van der Waals surface area contributed by atoms with E-state index in [0.29, 0.717) is 0 Å². The third-order valence-corrected chi connectivity index (χ3v) is 2.43. The Bertz CT molecular complexity index is 263. The van der Waals surface area contributed by atoms with Crippen molar-refractivity contribution in [1.29, 1.82) is 0 Å². The summed E-state index contributed by atoms with van der Waals surface area (Å²) in [7, 11) is 0. The van der Waals surface area contributed by atoms with Crippen molar-refractivity contribution in [2.24, 2.45) is 0 Å². The zero-order valence-electron chi connectivity index (χ0n) is 9.52. The Morgan fingerprint density at radius 3 is 0.824 bits per heavy atom. The van der Waals surface area contributed by atoms with Crippen molar-refractivity contribution < 1.29 is 35.1 Å². The van der Waals surface area contributed by atoms with Gasteiger partial charge in [0.2, 0.25) is 5.67 Å². The van der Waals surface area contributed by atoms with Crippen LogP contribution in [0.3, 0.4) is 0 Å². The van der Waals surface area contributed by atoms with Gasteiger partial charge in [0.15, 0.2) is 0 Å². The monoisotopic (exact) mass is 272 g/mol. The Kier molecular flexibility index (Phi) is 3.59. The first-order chi connectivity index (χ1) is 7.00. The molecule has 0 fully saturated rings. The van der Waals surface area contributed by atoms with E-state index in [0.717, 1.165) is 0 Å². The SMILES string of the molecule is CC(C)(F)C(F)(C(C)(C)F)C(F)(F)C(F)(F)F. The van der Waals surface area contributed by atoms with Crippen molar-refractivity contribution in [3.63, 3.8) is 0 Å². The van der Waals surface area contributed by atoms with E-state index in [-0.39, 0.29) is 27.7 Å². The Hall–Kier alpha value is -0.560. The lowest BCUT2D eigenvalue weighted by atomic mass is 9.73. The van der Waals surface area contributed by atoms with E-state index in [2.05, 4.69) is 0 Å². The largest absolute Gasteiger partial charge is 0.457 e. The van der Waals surface area contributed by atoms with Crippen LogP contribution in [-0.2, 0) is 0 Å². The van der Waals surface area contributed by atoms with Gasteiger partial charge in [0.25, 0.3) is 0 Å². The molecule has 0 saturated heterocycles. The van der Waals surface area contributed by atoms with Crippen molar-refractivity contribution in [1.82, 2.24) is 0 Å². The lowest BCUT2D eigenvalue weighted by molar-refractivity contribution is -0.364. The maximum atomic E-state index is 13.9. The van der Waals surface area contributed by atoms with Crippen LogP contribution in [-0.4, -0.2) is 29.1 Å². The Morgan fingerprint density at radius 2 is 0.765 bits per heavy atom. The lowest BCUT2D eigenvalue weighted by Crippen LogP contribution is -2.70. The molecule has 0 unspecified atom stereocenters. The summed E-state index contributed by atoms with van der Waals surface area (Å²) in [4.78, 5) is 0. The molecule has 0 amide bonds. The molecule has 17 heavy (non-hydrogen) atoms. The quantitative estimate of drug-likeness (QED) is 0.668. The van der Waals surface area contributed by atoms with Gasteiger partial charge in [-0.3, -0.25) is 0 Å². The first-order valence-electron chi connectivity index (χ1n) is 4.51. The summed E-state index contributed by atoms with van der Waals surface area (Å²) in [6.07, 6.45) is -6.39. The van der Waals surface area contributed by atoms with Crippen LogP contribution in [0.5, 0.6) is 0 Å². The molecule has 0 aromatic heterocycles. The van der Waals surface area contributed by atoms with Gasteiger partial charge in [0.1, 0.15) is 11.3 Å². The fraction of sp³-hybridized carbons (Fsp3) is 1.00. The van der Waals surface area contributed by atoms with Gasteiger partial charge in [-0.05, 0) is 27.7 Å². The zero-order chi connectivity index (χ0) is 14.5. The maximum Gasteiger partial charge on any atom is 0.457 e. The number of hydrogen-bond donors (Lipinski definition) is 0. The van der Waals surface area contributed by atoms with Gasteiger partial charge in [-0.1, -0.05) is 0 Å². The average Bonchev–Trinajstić information content (AvgIpc) is 1.95. The van der Waals surface area contributed by atoms with Gasteiger partial charge in [-0.25, -0.2) is 13.2 Å². The highest BCUT2D eigenvalue weighted by Crippen LogP contribution is 2.56. The van der Waals surface area contributed by atoms with Crippen molar-refractivity contribution in [3.8, 4) is 0 Å². The molecule has 0 nitrogen and oxygen atoms in total. The van der Waals surface area contributed by atoms with Crippen LogP contribution in [0.2, 0.25) is 0 Å². The smallest absolute Gasteiger partial charge is 0.241 e. The first-order valence-corrected chi connectivity index (χ1v) is 4.51. The summed E-state index contributed by atoms with van der Waals surface area (Å²) in [5.74, 6) is -6.16. The average molecular weight is 272 g/mol. The second-order valence-corrected chi connectivity index (χ2v) is 4.68. The highest BCUT2D eigenvalue weighted by molar-refractivity contribution is 5.16. The third-order valence-electron chi connectivity index (χ3n) is 2.43. The predicted molar refractivity (Wildman–Crippen MR) is 45.2 cm³/mol. The van der Waals surface area contributed by atoms with Gasteiger partial charge in [0.05, 0.1) is 0 Å². The van der Waals surface area contributed by atoms with Crippen molar-refractivity contribution >= 4 is 0 Å². The second-order valence-electron chi connectivity index (χ2n) is 4.68. The van der Waals surface area contributed by atoms with E-state index < -0.39 is 29.1 Å². The maximum absolute atomic E-state index is 13.9. The molecular weight excluding hydrogens is 260 g/mol. The van der Waals surface area contributed by atoms with Crippen LogP contribution in [0, 0.1) is 0 Å². The molecule has 0 rings (SSSR count). The molecule has 0 atom stereocenters. The van der Waals surface area contributed by atoms with Crippen LogP contribution in [0.15, 0.2) is 0 Å². The van der Waals surface area contributed by atoms with Crippen molar-refractivity contribution in [3.05, 3.63) is 0 Å². The molecule has 0 aromatic carbocycles. The molecule has 104 valence electrons. The van der Waals surface area contributed by atoms with E-state index in [1.54, 1.807) is 0 Å². The Balaban J connectivity index is 6.04. The summed E-state index contributed by atoms with van der Waals surface area (Å²) in [6.45, 7) is 0.532. The summed E-state index contributed by atoms with van der Waals surface area (Å²) in [5, 5.41) is 0. The Labute approximate surface area is 93.0 Å². The minimum Gasteiger partial charge on any atom is -0.241 e. The normalized spacial score (nSPS) is 16.2. The van der Waals surface area contributed by atoms with E-state index in [1.807, 2.05) is 0 Å². The molecule has 0 saturated carbocycles. The van der Waals surface area contributed by atoms with Crippen LogP contribution >= 0.6 is 0 Å². The van der Waals surface area contributed by atoms with Gasteiger partial charge in [-0.15, -0.1) is 0 Å². The number of rotatable bonds is 3.